The minimum Gasteiger partial charge on any atom is -0.497 e. The average molecular weight is 407 g/mol. The third-order valence-electron chi connectivity index (χ3n) is 4.84. The van der Waals surface area contributed by atoms with Crippen LogP contribution in [0.25, 0.3) is 11.4 Å². The predicted octanol–water partition coefficient (Wildman–Crippen LogP) is 2.79. The fraction of sp³-hybridized carbons (Fsp3) is 0.238. The van der Waals surface area contributed by atoms with E-state index in [9.17, 15) is 9.59 Å². The van der Waals surface area contributed by atoms with E-state index in [2.05, 4.69) is 20.7 Å². The molecule has 2 heterocycles. The second kappa shape index (κ2) is 7.86. The van der Waals surface area contributed by atoms with Crippen LogP contribution in [0, 0.1) is 6.92 Å². The number of carbonyl (C=O) groups is 2. The standard InChI is InChI=1S/C21H21N5O4/c1-12-4-6-13(7-5-12)19-23-21-24-20(28)16(26(21)25-19)11-18(27)22-15-9-8-14(29-2)10-17(15)30-3/h4-10,16H,11H2,1-3H3,(H,22,27)(H,23,24,25,28). The topological polar surface area (TPSA) is 107 Å². The summed E-state index contributed by atoms with van der Waals surface area (Å²) in [5.74, 6) is 1.22. The maximum atomic E-state index is 12.6. The second-order valence-corrected chi connectivity index (χ2v) is 6.89. The van der Waals surface area contributed by atoms with Crippen molar-refractivity contribution in [2.24, 2.45) is 0 Å². The molecular formula is C21H21N5O4. The number of methoxy groups -OCH3 is 2. The molecule has 3 aromatic rings. The number of aryl methyl sites for hydroxylation is 1. The van der Waals surface area contributed by atoms with E-state index in [0.717, 1.165) is 11.1 Å². The summed E-state index contributed by atoms with van der Waals surface area (Å²) in [4.78, 5) is 29.4. The molecule has 0 radical (unpaired) electrons. The Hall–Kier alpha value is -3.88. The molecule has 0 aliphatic carbocycles. The third kappa shape index (κ3) is 3.69. The van der Waals surface area contributed by atoms with Gasteiger partial charge in [0.1, 0.15) is 17.5 Å². The van der Waals surface area contributed by atoms with Gasteiger partial charge in [0.25, 0.3) is 5.91 Å². The van der Waals surface area contributed by atoms with Gasteiger partial charge >= 0.3 is 0 Å². The van der Waals surface area contributed by atoms with Crippen LogP contribution < -0.4 is 20.1 Å². The number of anilines is 2. The predicted molar refractivity (Wildman–Crippen MR) is 111 cm³/mol. The third-order valence-corrected chi connectivity index (χ3v) is 4.84. The number of fused-ring (bicyclic) bond motifs is 1. The number of hydrogen-bond donors (Lipinski definition) is 2. The minimum atomic E-state index is -0.782. The Kier molecular flexibility index (Phi) is 5.09. The smallest absolute Gasteiger partial charge is 0.252 e. The minimum absolute atomic E-state index is 0.0925. The molecule has 1 atom stereocenters. The molecule has 0 fully saturated rings. The fourth-order valence-electron chi connectivity index (χ4n) is 3.21. The molecule has 9 heteroatoms. The molecule has 0 saturated carbocycles. The zero-order chi connectivity index (χ0) is 21.3. The Morgan fingerprint density at radius 1 is 1.17 bits per heavy atom. The van der Waals surface area contributed by atoms with Gasteiger partial charge in [0.15, 0.2) is 5.82 Å². The summed E-state index contributed by atoms with van der Waals surface area (Å²) in [7, 11) is 3.05. The normalized spacial score (nSPS) is 14.8. The lowest BCUT2D eigenvalue weighted by atomic mass is 10.1. The Morgan fingerprint density at radius 3 is 2.63 bits per heavy atom. The van der Waals surface area contributed by atoms with E-state index in [4.69, 9.17) is 9.47 Å². The van der Waals surface area contributed by atoms with Gasteiger partial charge < -0.3 is 14.8 Å². The van der Waals surface area contributed by atoms with Gasteiger partial charge in [-0.3, -0.25) is 14.9 Å². The molecule has 1 unspecified atom stereocenters. The van der Waals surface area contributed by atoms with Crippen LogP contribution in [0.4, 0.5) is 11.6 Å². The van der Waals surface area contributed by atoms with E-state index in [1.807, 2.05) is 31.2 Å². The molecule has 1 aromatic heterocycles. The van der Waals surface area contributed by atoms with Crippen LogP contribution in [0.1, 0.15) is 18.0 Å². The Balaban J connectivity index is 1.51. The molecule has 9 nitrogen and oxygen atoms in total. The van der Waals surface area contributed by atoms with E-state index in [0.29, 0.717) is 29.0 Å². The number of benzene rings is 2. The molecular weight excluding hydrogens is 386 g/mol. The van der Waals surface area contributed by atoms with Crippen LogP contribution in [-0.4, -0.2) is 40.8 Å². The van der Waals surface area contributed by atoms with Crippen LogP contribution in [0.15, 0.2) is 42.5 Å². The van der Waals surface area contributed by atoms with E-state index < -0.39 is 6.04 Å². The highest BCUT2D eigenvalue weighted by Gasteiger charge is 2.35. The molecule has 154 valence electrons. The number of nitrogens with one attached hydrogen (secondary N) is 2. The molecule has 30 heavy (non-hydrogen) atoms. The van der Waals surface area contributed by atoms with Crippen LogP contribution in [0.2, 0.25) is 0 Å². The summed E-state index contributed by atoms with van der Waals surface area (Å²) in [6, 6.07) is 12.0. The van der Waals surface area contributed by atoms with E-state index >= 15 is 0 Å². The van der Waals surface area contributed by atoms with Crippen molar-refractivity contribution in [3.8, 4) is 22.9 Å². The summed E-state index contributed by atoms with van der Waals surface area (Å²) in [5.41, 5.74) is 2.45. The van der Waals surface area contributed by atoms with E-state index in [1.165, 1.54) is 11.8 Å². The molecule has 4 rings (SSSR count). The van der Waals surface area contributed by atoms with Crippen molar-refractivity contribution in [3.63, 3.8) is 0 Å². The van der Waals surface area contributed by atoms with Crippen LogP contribution in [0.5, 0.6) is 11.5 Å². The Morgan fingerprint density at radius 2 is 1.93 bits per heavy atom. The summed E-state index contributed by atoms with van der Waals surface area (Å²) in [6.45, 7) is 2.00. The highest BCUT2D eigenvalue weighted by atomic mass is 16.5. The molecule has 0 saturated heterocycles. The highest BCUT2D eigenvalue weighted by molar-refractivity contribution is 6.01. The maximum absolute atomic E-state index is 12.6. The number of amides is 2. The van der Waals surface area contributed by atoms with Gasteiger partial charge in [0.2, 0.25) is 11.9 Å². The number of hydrogen-bond acceptors (Lipinski definition) is 6. The number of carbonyl (C=O) groups excluding carboxylic acids is 2. The summed E-state index contributed by atoms with van der Waals surface area (Å²) in [6.07, 6.45) is -0.0925. The molecule has 2 aromatic carbocycles. The SMILES string of the molecule is COc1ccc(NC(=O)CC2C(=O)Nc3nc(-c4ccc(C)cc4)nn32)c(OC)c1. The van der Waals surface area contributed by atoms with Crippen molar-refractivity contribution in [2.45, 2.75) is 19.4 Å². The summed E-state index contributed by atoms with van der Waals surface area (Å²) < 4.78 is 11.9. The van der Waals surface area contributed by atoms with Crippen molar-refractivity contribution < 1.29 is 19.1 Å². The van der Waals surface area contributed by atoms with Crippen molar-refractivity contribution in [3.05, 3.63) is 48.0 Å². The lowest BCUT2D eigenvalue weighted by Crippen LogP contribution is -2.24. The summed E-state index contributed by atoms with van der Waals surface area (Å²) in [5, 5.41) is 9.90. The van der Waals surface area contributed by atoms with Crippen molar-refractivity contribution in [1.82, 2.24) is 14.8 Å². The van der Waals surface area contributed by atoms with Gasteiger partial charge in [-0.25, -0.2) is 4.68 Å². The molecule has 2 N–H and O–H groups in total. The lowest BCUT2D eigenvalue weighted by Gasteiger charge is -2.13. The van der Waals surface area contributed by atoms with E-state index in [1.54, 1.807) is 25.3 Å². The van der Waals surface area contributed by atoms with Crippen molar-refractivity contribution >= 4 is 23.5 Å². The zero-order valence-corrected chi connectivity index (χ0v) is 16.8. The van der Waals surface area contributed by atoms with Crippen molar-refractivity contribution in [1.29, 1.82) is 0 Å². The van der Waals surface area contributed by atoms with Gasteiger partial charge in [-0.15, -0.1) is 5.10 Å². The fourth-order valence-corrected chi connectivity index (χ4v) is 3.21. The summed E-state index contributed by atoms with van der Waals surface area (Å²) >= 11 is 0. The van der Waals surface area contributed by atoms with Crippen molar-refractivity contribution in [2.75, 3.05) is 24.9 Å². The first-order chi connectivity index (χ1) is 14.5. The molecule has 1 aliphatic heterocycles. The van der Waals surface area contributed by atoms with Gasteiger partial charge in [-0.1, -0.05) is 29.8 Å². The Labute approximate surface area is 173 Å². The number of rotatable bonds is 6. The molecule has 1 aliphatic rings. The second-order valence-electron chi connectivity index (χ2n) is 6.89. The molecule has 2 amide bonds. The quantitative estimate of drug-likeness (QED) is 0.651. The average Bonchev–Trinajstić information content (AvgIpc) is 3.27. The Bertz CT molecular complexity index is 1110. The molecule has 0 bridgehead atoms. The number of ether oxygens (including phenoxy) is 2. The zero-order valence-electron chi connectivity index (χ0n) is 16.8. The van der Waals surface area contributed by atoms with E-state index in [-0.39, 0.29) is 18.2 Å². The maximum Gasteiger partial charge on any atom is 0.252 e. The first-order valence-corrected chi connectivity index (χ1v) is 9.35. The largest absolute Gasteiger partial charge is 0.497 e. The first kappa shape index (κ1) is 19.4. The van der Waals surface area contributed by atoms with Gasteiger partial charge in [0.05, 0.1) is 26.3 Å². The lowest BCUT2D eigenvalue weighted by molar-refractivity contribution is -0.123. The molecule has 0 spiro atoms. The first-order valence-electron chi connectivity index (χ1n) is 9.35. The van der Waals surface area contributed by atoms with Crippen LogP contribution >= 0.6 is 0 Å². The highest BCUT2D eigenvalue weighted by Crippen LogP contribution is 2.31. The van der Waals surface area contributed by atoms with Gasteiger partial charge in [-0.2, -0.15) is 4.98 Å². The van der Waals surface area contributed by atoms with Crippen LogP contribution in [-0.2, 0) is 9.59 Å². The monoisotopic (exact) mass is 407 g/mol. The van der Waals surface area contributed by atoms with Gasteiger partial charge in [0, 0.05) is 11.6 Å². The van der Waals surface area contributed by atoms with Crippen LogP contribution in [0.3, 0.4) is 0 Å². The van der Waals surface area contributed by atoms with Gasteiger partial charge in [-0.05, 0) is 19.1 Å². The number of aromatic nitrogens is 3. The number of nitrogens with zero attached hydrogens (tertiary/aromatic N) is 3.